The third-order valence-corrected chi connectivity index (χ3v) is 14.7. The Kier molecular flexibility index (Phi) is 52.8. The predicted octanol–water partition coefficient (Wildman–Crippen LogP) is 16.1. The topological polar surface area (TPSA) is 175 Å². The molecule has 11 nitrogen and oxygen atoms in total. The van der Waals surface area contributed by atoms with Gasteiger partial charge < -0.3 is 45.1 Å². The van der Waals surface area contributed by atoms with Crippen molar-refractivity contribution in [1.29, 1.82) is 0 Å². The van der Waals surface area contributed by atoms with Crippen LogP contribution in [-0.4, -0.2) is 99.6 Å². The third-order valence-electron chi connectivity index (χ3n) is 14.7. The van der Waals surface area contributed by atoms with Gasteiger partial charge in [0.05, 0.1) is 25.4 Å². The lowest BCUT2D eigenvalue weighted by Gasteiger charge is -2.41. The van der Waals surface area contributed by atoms with Gasteiger partial charge >= 0.3 is 5.97 Å². The molecule has 0 aliphatic carbocycles. The SMILES string of the molecule is CC/C=C\C/C=C\C/C=C\C/C=C\C/C=C\C/C=C\CCCCCCCCC(=O)OC1C(OCC(NC(=O)C(O)CCCCCCC/C=C/C=C/CCCCC)C(O)/C=C/CCCCCCCCCCCCC)OC(CO)C(O)C1O. The number of aliphatic hydroxyl groups is 5. The number of ether oxygens (including phenoxy) is 3. The quantitative estimate of drug-likeness (QED) is 0.0149. The summed E-state index contributed by atoms with van der Waals surface area (Å²) < 4.78 is 17.6. The number of hydrogen-bond acceptors (Lipinski definition) is 10. The van der Waals surface area contributed by atoms with Crippen LogP contribution in [0.15, 0.2) is 109 Å². The van der Waals surface area contributed by atoms with E-state index in [-0.39, 0.29) is 19.4 Å². The van der Waals surface area contributed by atoms with Gasteiger partial charge in [-0.3, -0.25) is 9.59 Å². The van der Waals surface area contributed by atoms with Crippen LogP contribution in [0.1, 0.15) is 258 Å². The fraction of sp³-hybridized carbons (Fsp3) is 0.714. The molecule has 0 aromatic heterocycles. The molecular weight excluding hydrogens is 1010 g/mol. The van der Waals surface area contributed by atoms with Gasteiger partial charge in [0.15, 0.2) is 12.4 Å². The van der Waals surface area contributed by atoms with E-state index >= 15 is 0 Å². The average Bonchev–Trinajstić information content (AvgIpc) is 3.47. The molecule has 0 bridgehead atoms. The van der Waals surface area contributed by atoms with Crippen LogP contribution in [0.3, 0.4) is 0 Å². The van der Waals surface area contributed by atoms with Crippen LogP contribution in [0.25, 0.3) is 0 Å². The Labute approximate surface area is 494 Å². The smallest absolute Gasteiger partial charge is 0.306 e. The summed E-state index contributed by atoms with van der Waals surface area (Å²) in [5.41, 5.74) is 0. The maximum absolute atomic E-state index is 13.4. The van der Waals surface area contributed by atoms with Crippen molar-refractivity contribution in [3.05, 3.63) is 109 Å². The molecule has 0 radical (unpaired) electrons. The zero-order valence-electron chi connectivity index (χ0n) is 51.4. The van der Waals surface area contributed by atoms with E-state index < -0.39 is 67.4 Å². The minimum Gasteiger partial charge on any atom is -0.454 e. The van der Waals surface area contributed by atoms with E-state index in [0.717, 1.165) is 135 Å². The van der Waals surface area contributed by atoms with Crippen LogP contribution in [0.2, 0.25) is 0 Å². The van der Waals surface area contributed by atoms with Crippen molar-refractivity contribution >= 4 is 11.9 Å². The van der Waals surface area contributed by atoms with Gasteiger partial charge in [0, 0.05) is 6.42 Å². The third kappa shape index (κ3) is 44.5. The molecule has 8 atom stereocenters. The fourth-order valence-corrected chi connectivity index (χ4v) is 9.53. The number of esters is 1. The first kappa shape index (κ1) is 75.3. The molecule has 1 fully saturated rings. The number of carbonyl (C=O) groups excluding carboxylic acids is 2. The van der Waals surface area contributed by atoms with Crippen LogP contribution in [0.4, 0.5) is 0 Å². The average molecular weight is 1130 g/mol. The van der Waals surface area contributed by atoms with E-state index in [4.69, 9.17) is 14.2 Å². The fourth-order valence-electron chi connectivity index (χ4n) is 9.53. The molecule has 11 heteroatoms. The van der Waals surface area contributed by atoms with Gasteiger partial charge in [0.2, 0.25) is 5.91 Å². The van der Waals surface area contributed by atoms with Crippen LogP contribution in [0.5, 0.6) is 0 Å². The van der Waals surface area contributed by atoms with Gasteiger partial charge in [-0.25, -0.2) is 0 Å². The maximum Gasteiger partial charge on any atom is 0.306 e. The lowest BCUT2D eigenvalue weighted by Crippen LogP contribution is -2.61. The molecule has 464 valence electrons. The molecule has 1 rings (SSSR count). The summed E-state index contributed by atoms with van der Waals surface area (Å²) >= 11 is 0. The minimum absolute atomic E-state index is 0.0989. The summed E-state index contributed by atoms with van der Waals surface area (Å²) in [6.07, 6.45) is 66.9. The van der Waals surface area contributed by atoms with E-state index in [1.54, 1.807) is 6.08 Å². The summed E-state index contributed by atoms with van der Waals surface area (Å²) in [6.45, 7) is 5.63. The molecular formula is C70H119NO10. The Bertz CT molecular complexity index is 1730. The number of nitrogens with one attached hydrogen (secondary N) is 1. The van der Waals surface area contributed by atoms with Crippen LogP contribution in [0, 0.1) is 0 Å². The van der Waals surface area contributed by atoms with Gasteiger partial charge in [0.1, 0.15) is 24.4 Å². The molecule has 1 aliphatic rings. The lowest BCUT2D eigenvalue weighted by atomic mass is 9.99. The van der Waals surface area contributed by atoms with E-state index in [1.807, 2.05) is 6.08 Å². The zero-order chi connectivity index (χ0) is 58.9. The number of amides is 1. The molecule has 0 spiro atoms. The molecule has 0 aromatic carbocycles. The van der Waals surface area contributed by atoms with Gasteiger partial charge in [-0.2, -0.15) is 0 Å². The first-order valence-corrected chi connectivity index (χ1v) is 32.7. The molecule has 1 amide bonds. The molecule has 1 saturated heterocycles. The number of allylic oxidation sites excluding steroid dienone is 17. The van der Waals surface area contributed by atoms with Gasteiger partial charge in [-0.1, -0.05) is 259 Å². The number of unbranched alkanes of at least 4 members (excludes halogenated alkanes) is 25. The van der Waals surface area contributed by atoms with Crippen molar-refractivity contribution in [1.82, 2.24) is 5.32 Å². The van der Waals surface area contributed by atoms with Gasteiger partial charge in [-0.15, -0.1) is 0 Å². The van der Waals surface area contributed by atoms with Crippen molar-refractivity contribution in [3.8, 4) is 0 Å². The Balaban J connectivity index is 2.65. The molecule has 0 saturated carbocycles. The summed E-state index contributed by atoms with van der Waals surface area (Å²) in [6, 6.07) is -1.04. The number of aliphatic hydroxyl groups excluding tert-OH is 5. The first-order chi connectivity index (χ1) is 39.7. The monoisotopic (exact) mass is 1130 g/mol. The number of hydrogen-bond donors (Lipinski definition) is 6. The lowest BCUT2D eigenvalue weighted by molar-refractivity contribution is -0.305. The zero-order valence-corrected chi connectivity index (χ0v) is 51.4. The Morgan fingerprint density at radius 1 is 0.506 bits per heavy atom. The summed E-state index contributed by atoms with van der Waals surface area (Å²) in [7, 11) is 0. The van der Waals surface area contributed by atoms with Crippen molar-refractivity contribution < 1.29 is 49.3 Å². The van der Waals surface area contributed by atoms with Crippen molar-refractivity contribution in [2.24, 2.45) is 0 Å². The Hall–Kier alpha value is -3.68. The van der Waals surface area contributed by atoms with Crippen LogP contribution in [-0.2, 0) is 23.8 Å². The largest absolute Gasteiger partial charge is 0.454 e. The minimum atomic E-state index is -1.63. The summed E-state index contributed by atoms with van der Waals surface area (Å²) in [5, 5.41) is 57.0. The standard InChI is InChI=1S/C70H119NO10/c1-4-7-10-13-16-19-22-25-27-28-29-30-31-32-33-34-35-36-37-40-43-46-49-52-55-58-65(75)81-68-67(77)66(76)64(59-72)80-70(68)79-60-61(62(73)56-53-50-47-44-41-38-24-21-18-15-12-9-6-3)71-69(78)63(74)57-54-51-48-45-42-39-26-23-20-17-14-11-8-5-2/h7,10,16-17,19-20,23,25-27,29-30,32-33,35-36,53,56,61-64,66-68,70,72-74,76-77H,4-6,8-9,11-15,18,21-22,24,28,31,34,37-52,54-55,57-60H2,1-3H3,(H,71,78)/b10-7-,19-16-,20-17+,26-23+,27-25-,30-29-,33-32-,36-35-,56-53+. The van der Waals surface area contributed by atoms with Crippen LogP contribution < -0.4 is 5.32 Å². The number of carbonyl (C=O) groups is 2. The highest BCUT2D eigenvalue weighted by Crippen LogP contribution is 2.26. The molecule has 8 unspecified atom stereocenters. The van der Waals surface area contributed by atoms with E-state index in [9.17, 15) is 35.1 Å². The predicted molar refractivity (Wildman–Crippen MR) is 338 cm³/mol. The summed E-state index contributed by atoms with van der Waals surface area (Å²) in [4.78, 5) is 26.6. The van der Waals surface area contributed by atoms with Crippen molar-refractivity contribution in [2.45, 2.75) is 307 Å². The number of rotatable bonds is 54. The highest BCUT2D eigenvalue weighted by molar-refractivity contribution is 5.80. The van der Waals surface area contributed by atoms with Crippen molar-refractivity contribution in [3.63, 3.8) is 0 Å². The van der Waals surface area contributed by atoms with E-state index in [1.165, 1.54) is 77.0 Å². The van der Waals surface area contributed by atoms with Gasteiger partial charge in [-0.05, 0) is 103 Å². The van der Waals surface area contributed by atoms with E-state index in [2.05, 4.69) is 123 Å². The second kappa shape index (κ2) is 56.8. The van der Waals surface area contributed by atoms with Crippen molar-refractivity contribution in [2.75, 3.05) is 13.2 Å². The highest BCUT2D eigenvalue weighted by atomic mass is 16.7. The molecule has 81 heavy (non-hydrogen) atoms. The van der Waals surface area contributed by atoms with Gasteiger partial charge in [0.25, 0.3) is 0 Å². The molecule has 1 aliphatic heterocycles. The van der Waals surface area contributed by atoms with E-state index in [0.29, 0.717) is 12.8 Å². The normalized spacial score (nSPS) is 19.4. The first-order valence-electron chi connectivity index (χ1n) is 32.7. The Morgan fingerprint density at radius 2 is 0.926 bits per heavy atom. The Morgan fingerprint density at radius 3 is 1.43 bits per heavy atom. The van der Waals surface area contributed by atoms with Crippen LogP contribution >= 0.6 is 0 Å². The molecule has 6 N–H and O–H groups in total. The maximum atomic E-state index is 13.4. The summed E-state index contributed by atoms with van der Waals surface area (Å²) in [5.74, 6) is -1.23. The second-order valence-electron chi connectivity index (χ2n) is 22.1. The second-order valence-corrected chi connectivity index (χ2v) is 22.1. The molecule has 1 heterocycles. The highest BCUT2D eigenvalue weighted by Gasteiger charge is 2.47. The molecule has 0 aromatic rings.